The highest BCUT2D eigenvalue weighted by molar-refractivity contribution is 5.86. The van der Waals surface area contributed by atoms with Crippen molar-refractivity contribution in [3.8, 4) is 0 Å². The van der Waals surface area contributed by atoms with Crippen molar-refractivity contribution in [1.82, 2.24) is 10.2 Å². The van der Waals surface area contributed by atoms with Gasteiger partial charge in [-0.25, -0.2) is 4.79 Å². The number of nitrogens with one attached hydrogen (secondary N) is 1. The van der Waals surface area contributed by atoms with E-state index in [1.165, 1.54) is 10.5 Å². The molecule has 6 heteroatoms. The Hall–Kier alpha value is -2.08. The lowest BCUT2D eigenvalue weighted by Crippen LogP contribution is -2.55. The monoisotopic (exact) mass is 376 g/mol. The first-order valence-corrected chi connectivity index (χ1v) is 9.72. The average Bonchev–Trinajstić information content (AvgIpc) is 2.63. The highest BCUT2D eigenvalue weighted by Crippen LogP contribution is 2.28. The van der Waals surface area contributed by atoms with Gasteiger partial charge in [0.2, 0.25) is 5.91 Å². The molecule has 1 heterocycles. The summed E-state index contributed by atoms with van der Waals surface area (Å²) in [6.07, 6.45) is 2.96. The van der Waals surface area contributed by atoms with E-state index in [-0.39, 0.29) is 19.1 Å². The number of rotatable bonds is 6. The third-order valence-electron chi connectivity index (χ3n) is 4.74. The number of benzene rings is 1. The summed E-state index contributed by atoms with van der Waals surface area (Å²) in [5, 5.41) is 11.7. The average molecular weight is 376 g/mol. The molecule has 27 heavy (non-hydrogen) atoms. The van der Waals surface area contributed by atoms with Crippen LogP contribution < -0.4 is 5.32 Å². The SMILES string of the molecule is CC(C)(C)OC(=O)N1CCC(CCc2ccccc2)CC1C(=O)NCCO. The molecule has 0 aliphatic carbocycles. The van der Waals surface area contributed by atoms with Crippen LogP contribution in [0.4, 0.5) is 4.79 Å². The number of aliphatic hydroxyl groups is 1. The number of amides is 2. The Morgan fingerprint density at radius 1 is 1.26 bits per heavy atom. The first kappa shape index (κ1) is 21.2. The largest absolute Gasteiger partial charge is 0.444 e. The molecule has 2 rings (SSSR count). The van der Waals surface area contributed by atoms with Gasteiger partial charge in [0, 0.05) is 13.1 Å². The number of hydrogen-bond donors (Lipinski definition) is 2. The molecule has 2 N–H and O–H groups in total. The predicted molar refractivity (Wildman–Crippen MR) is 104 cm³/mol. The molecule has 1 aliphatic rings. The maximum absolute atomic E-state index is 12.6. The zero-order chi connectivity index (χ0) is 19.9. The van der Waals surface area contributed by atoms with E-state index in [4.69, 9.17) is 9.84 Å². The summed E-state index contributed by atoms with van der Waals surface area (Å²) in [6, 6.07) is 9.74. The van der Waals surface area contributed by atoms with Crippen LogP contribution in [0.3, 0.4) is 0 Å². The Labute approximate surface area is 161 Å². The highest BCUT2D eigenvalue weighted by atomic mass is 16.6. The number of likely N-dealkylation sites (tertiary alicyclic amines) is 1. The van der Waals surface area contributed by atoms with Gasteiger partial charge < -0.3 is 15.2 Å². The smallest absolute Gasteiger partial charge is 0.410 e. The van der Waals surface area contributed by atoms with Crippen molar-refractivity contribution in [2.75, 3.05) is 19.7 Å². The Morgan fingerprint density at radius 2 is 1.96 bits per heavy atom. The van der Waals surface area contributed by atoms with Crippen LogP contribution in [-0.4, -0.2) is 53.3 Å². The second kappa shape index (κ2) is 9.74. The molecule has 0 spiro atoms. The van der Waals surface area contributed by atoms with Crippen LogP contribution >= 0.6 is 0 Å². The van der Waals surface area contributed by atoms with Crippen molar-refractivity contribution in [2.45, 2.75) is 58.1 Å². The molecule has 1 aromatic carbocycles. The minimum absolute atomic E-state index is 0.123. The van der Waals surface area contributed by atoms with E-state index in [1.807, 2.05) is 39.0 Å². The molecule has 0 bridgehead atoms. The molecule has 0 radical (unpaired) electrons. The summed E-state index contributed by atoms with van der Waals surface area (Å²) >= 11 is 0. The second-order valence-corrected chi connectivity index (χ2v) is 8.12. The molecular formula is C21H32N2O4. The van der Waals surface area contributed by atoms with E-state index in [9.17, 15) is 9.59 Å². The van der Waals surface area contributed by atoms with E-state index in [1.54, 1.807) is 0 Å². The van der Waals surface area contributed by atoms with E-state index in [0.717, 1.165) is 19.3 Å². The fraction of sp³-hybridized carbons (Fsp3) is 0.619. The van der Waals surface area contributed by atoms with Crippen molar-refractivity contribution in [3.63, 3.8) is 0 Å². The van der Waals surface area contributed by atoms with Crippen molar-refractivity contribution in [2.24, 2.45) is 5.92 Å². The van der Waals surface area contributed by atoms with Gasteiger partial charge in [0.25, 0.3) is 0 Å². The van der Waals surface area contributed by atoms with Crippen LogP contribution in [0, 0.1) is 5.92 Å². The third-order valence-corrected chi connectivity index (χ3v) is 4.74. The Balaban J connectivity index is 2.02. The molecule has 1 fully saturated rings. The Bertz CT molecular complexity index is 612. The molecule has 2 atom stereocenters. The fourth-order valence-electron chi connectivity index (χ4n) is 3.40. The van der Waals surface area contributed by atoms with Crippen molar-refractivity contribution >= 4 is 12.0 Å². The van der Waals surface area contributed by atoms with Crippen LogP contribution in [-0.2, 0) is 16.0 Å². The first-order chi connectivity index (χ1) is 12.8. The second-order valence-electron chi connectivity index (χ2n) is 8.12. The molecule has 1 aromatic rings. The molecule has 6 nitrogen and oxygen atoms in total. The number of piperidine rings is 1. The lowest BCUT2D eigenvalue weighted by Gasteiger charge is -2.39. The lowest BCUT2D eigenvalue weighted by atomic mass is 9.86. The minimum atomic E-state index is -0.604. The molecule has 2 amide bonds. The summed E-state index contributed by atoms with van der Waals surface area (Å²) in [5.41, 5.74) is 0.682. The third kappa shape index (κ3) is 6.86. The van der Waals surface area contributed by atoms with Gasteiger partial charge >= 0.3 is 6.09 Å². The molecule has 0 aromatic heterocycles. The number of aliphatic hydroxyl groups excluding tert-OH is 1. The summed E-state index contributed by atoms with van der Waals surface area (Å²) in [6.45, 7) is 6.02. The number of hydrogen-bond acceptors (Lipinski definition) is 4. The van der Waals surface area contributed by atoms with Crippen molar-refractivity contribution < 1.29 is 19.4 Å². The predicted octanol–water partition coefficient (Wildman–Crippen LogP) is 2.74. The molecule has 1 saturated heterocycles. The number of carbonyl (C=O) groups is 2. The lowest BCUT2D eigenvalue weighted by molar-refractivity contribution is -0.128. The quantitative estimate of drug-likeness (QED) is 0.800. The van der Waals surface area contributed by atoms with Gasteiger partial charge in [0.05, 0.1) is 6.61 Å². The standard InChI is InChI=1S/C21H32N2O4/c1-21(2,3)27-20(26)23-13-11-17(10-9-16-7-5-4-6-8-16)15-18(23)19(25)22-12-14-24/h4-8,17-18,24H,9-15H2,1-3H3,(H,22,25). The Morgan fingerprint density at radius 3 is 2.59 bits per heavy atom. The maximum Gasteiger partial charge on any atom is 0.410 e. The van der Waals surface area contributed by atoms with Crippen molar-refractivity contribution in [1.29, 1.82) is 0 Å². The van der Waals surface area contributed by atoms with E-state index >= 15 is 0 Å². The fourth-order valence-corrected chi connectivity index (χ4v) is 3.40. The zero-order valence-corrected chi connectivity index (χ0v) is 16.6. The normalized spacial score (nSPS) is 20.2. The molecule has 0 saturated carbocycles. The topological polar surface area (TPSA) is 78.9 Å². The van der Waals surface area contributed by atoms with Gasteiger partial charge in [-0.15, -0.1) is 0 Å². The van der Waals surface area contributed by atoms with Crippen LogP contribution in [0.15, 0.2) is 30.3 Å². The van der Waals surface area contributed by atoms with Gasteiger partial charge in [0.15, 0.2) is 0 Å². The number of nitrogens with zero attached hydrogens (tertiary/aromatic N) is 1. The zero-order valence-electron chi connectivity index (χ0n) is 16.6. The summed E-state index contributed by atoms with van der Waals surface area (Å²) < 4.78 is 5.48. The van der Waals surface area contributed by atoms with Gasteiger partial charge in [-0.2, -0.15) is 0 Å². The van der Waals surface area contributed by atoms with Gasteiger partial charge in [-0.05, 0) is 57.9 Å². The first-order valence-electron chi connectivity index (χ1n) is 9.72. The van der Waals surface area contributed by atoms with Crippen molar-refractivity contribution in [3.05, 3.63) is 35.9 Å². The summed E-state index contributed by atoms with van der Waals surface area (Å²) in [7, 11) is 0. The molecule has 150 valence electrons. The van der Waals surface area contributed by atoms with Gasteiger partial charge in [0.1, 0.15) is 11.6 Å². The maximum atomic E-state index is 12.6. The molecule has 1 aliphatic heterocycles. The van der Waals surface area contributed by atoms with Crippen LogP contribution in [0.1, 0.15) is 45.6 Å². The van der Waals surface area contributed by atoms with Gasteiger partial charge in [-0.1, -0.05) is 30.3 Å². The summed E-state index contributed by atoms with van der Waals surface area (Å²) in [5.74, 6) is 0.146. The van der Waals surface area contributed by atoms with Crippen LogP contribution in [0.2, 0.25) is 0 Å². The summed E-state index contributed by atoms with van der Waals surface area (Å²) in [4.78, 5) is 26.7. The minimum Gasteiger partial charge on any atom is -0.444 e. The number of carbonyl (C=O) groups excluding carboxylic acids is 2. The number of aryl methyl sites for hydroxylation is 1. The Kier molecular flexibility index (Phi) is 7.66. The highest BCUT2D eigenvalue weighted by Gasteiger charge is 2.37. The van der Waals surface area contributed by atoms with Gasteiger partial charge in [-0.3, -0.25) is 9.69 Å². The molecular weight excluding hydrogens is 344 g/mol. The van der Waals surface area contributed by atoms with E-state index in [2.05, 4.69) is 17.4 Å². The van der Waals surface area contributed by atoms with Crippen LogP contribution in [0.5, 0.6) is 0 Å². The van der Waals surface area contributed by atoms with E-state index in [0.29, 0.717) is 18.9 Å². The number of ether oxygens (including phenoxy) is 1. The van der Waals surface area contributed by atoms with Crippen LogP contribution in [0.25, 0.3) is 0 Å². The molecule has 2 unspecified atom stereocenters. The van der Waals surface area contributed by atoms with E-state index < -0.39 is 17.7 Å².